The molecule has 0 rings (SSSR count). The lowest BCUT2D eigenvalue weighted by Gasteiger charge is -1.95. The molecule has 0 saturated carbocycles. The fraction of sp³-hybridized carbons (Fsp3) is 0.667. The van der Waals surface area contributed by atoms with E-state index in [4.69, 9.17) is 0 Å². The second-order valence-corrected chi connectivity index (χ2v) is 3.68. The lowest BCUT2D eigenvalue weighted by Crippen LogP contribution is -1.74. The molecule has 0 aliphatic heterocycles. The van der Waals surface area contributed by atoms with Crippen molar-refractivity contribution in [1.29, 1.82) is 0 Å². The maximum Gasteiger partial charge on any atom is -0.0399 e. The molecule has 0 heteroatoms. The van der Waals surface area contributed by atoms with Crippen LogP contribution in [0.2, 0.25) is 0 Å². The number of hydrogen-bond donors (Lipinski definition) is 0. The largest absolute Gasteiger partial charge is 0.0845 e. The van der Waals surface area contributed by atoms with Crippen molar-refractivity contribution in [3.63, 3.8) is 0 Å². The molecule has 0 fully saturated rings. The normalized spacial score (nSPS) is 12.7. The molecule has 0 bridgehead atoms. The van der Waals surface area contributed by atoms with Gasteiger partial charge in [0.1, 0.15) is 0 Å². The first-order chi connectivity index (χ1) is 5.45. The fourth-order valence-electron chi connectivity index (χ4n) is 0.455. The quantitative estimate of drug-likeness (QED) is 0.503. The molecule has 0 amide bonds. The Hall–Kier alpha value is -0.520. The van der Waals surface area contributed by atoms with Gasteiger partial charge >= 0.3 is 0 Å². The second-order valence-electron chi connectivity index (χ2n) is 3.68. The van der Waals surface area contributed by atoms with Gasteiger partial charge in [0.25, 0.3) is 0 Å². The Morgan fingerprint density at radius 2 is 1.00 bits per heavy atom. The van der Waals surface area contributed by atoms with Crippen LogP contribution in [0.25, 0.3) is 0 Å². The maximum absolute atomic E-state index is 2.17. The summed E-state index contributed by atoms with van der Waals surface area (Å²) in [6.07, 6.45) is 4.24. The van der Waals surface area contributed by atoms with E-state index in [1.54, 1.807) is 0 Å². The lowest BCUT2D eigenvalue weighted by atomic mass is 10.1. The van der Waals surface area contributed by atoms with E-state index < -0.39 is 0 Å². The van der Waals surface area contributed by atoms with E-state index in [9.17, 15) is 0 Å². The number of hydrogen-bond acceptors (Lipinski definition) is 0. The molecular formula is C12H24. The van der Waals surface area contributed by atoms with Gasteiger partial charge in [-0.05, 0) is 33.6 Å². The van der Waals surface area contributed by atoms with Gasteiger partial charge in [0.2, 0.25) is 0 Å². The van der Waals surface area contributed by atoms with Crippen molar-refractivity contribution in [2.45, 2.75) is 48.5 Å². The summed E-state index contributed by atoms with van der Waals surface area (Å²) in [6.45, 7) is 14.9. The van der Waals surface area contributed by atoms with Crippen molar-refractivity contribution >= 4 is 0 Å². The number of rotatable bonds is 1. The third kappa shape index (κ3) is 12.2. The Morgan fingerprint density at radius 3 is 1.08 bits per heavy atom. The molecule has 0 spiro atoms. The van der Waals surface area contributed by atoms with Crippen LogP contribution in [0.1, 0.15) is 48.5 Å². The average molecular weight is 168 g/mol. The SMILES string of the molecule is C/C=C(C)\C(C)=C/C.CC(C)C. The Labute approximate surface area is 78.4 Å². The molecule has 0 saturated heterocycles. The van der Waals surface area contributed by atoms with Gasteiger partial charge in [0.15, 0.2) is 0 Å². The molecule has 0 nitrogen and oxygen atoms in total. The third-order valence-electron chi connectivity index (χ3n) is 1.49. The topological polar surface area (TPSA) is 0 Å². The van der Waals surface area contributed by atoms with Crippen molar-refractivity contribution in [2.75, 3.05) is 0 Å². The van der Waals surface area contributed by atoms with Crippen molar-refractivity contribution in [3.05, 3.63) is 23.3 Å². The van der Waals surface area contributed by atoms with Gasteiger partial charge in [-0.1, -0.05) is 44.1 Å². The van der Waals surface area contributed by atoms with Gasteiger partial charge in [-0.25, -0.2) is 0 Å². The molecule has 0 aliphatic rings. The smallest absolute Gasteiger partial charge is 0.0399 e. The summed E-state index contributed by atoms with van der Waals surface area (Å²) < 4.78 is 0. The van der Waals surface area contributed by atoms with Crippen molar-refractivity contribution in [1.82, 2.24) is 0 Å². The highest BCUT2D eigenvalue weighted by atomic mass is 13.9. The third-order valence-corrected chi connectivity index (χ3v) is 1.49. The summed E-state index contributed by atoms with van der Waals surface area (Å²) in [5.41, 5.74) is 2.74. The van der Waals surface area contributed by atoms with Crippen LogP contribution in [0.3, 0.4) is 0 Å². The zero-order valence-electron chi connectivity index (χ0n) is 9.73. The molecule has 72 valence electrons. The van der Waals surface area contributed by atoms with Crippen molar-refractivity contribution < 1.29 is 0 Å². The van der Waals surface area contributed by atoms with Gasteiger partial charge in [-0.15, -0.1) is 0 Å². The minimum atomic E-state index is 0.833. The van der Waals surface area contributed by atoms with Gasteiger partial charge in [0, 0.05) is 0 Å². The summed E-state index contributed by atoms with van der Waals surface area (Å²) in [4.78, 5) is 0. The van der Waals surface area contributed by atoms with Gasteiger partial charge < -0.3 is 0 Å². The van der Waals surface area contributed by atoms with Gasteiger partial charge in [0.05, 0.1) is 0 Å². The molecule has 0 aromatic carbocycles. The van der Waals surface area contributed by atoms with Crippen molar-refractivity contribution in [2.24, 2.45) is 5.92 Å². The zero-order chi connectivity index (χ0) is 10.1. The molecule has 0 radical (unpaired) electrons. The fourth-order valence-corrected chi connectivity index (χ4v) is 0.455. The van der Waals surface area contributed by atoms with Crippen LogP contribution in [0.15, 0.2) is 23.3 Å². The zero-order valence-corrected chi connectivity index (χ0v) is 9.73. The molecule has 0 unspecified atom stereocenters. The molecule has 0 N–H and O–H groups in total. The van der Waals surface area contributed by atoms with Crippen molar-refractivity contribution in [3.8, 4) is 0 Å². The predicted octanol–water partition coefficient (Wildman–Crippen LogP) is 4.58. The van der Waals surface area contributed by atoms with E-state index in [1.807, 2.05) is 0 Å². The van der Waals surface area contributed by atoms with E-state index in [2.05, 4.69) is 60.6 Å². The van der Waals surface area contributed by atoms with Crippen LogP contribution < -0.4 is 0 Å². The Balaban J connectivity index is 0. The molecule has 0 aromatic heterocycles. The minimum absolute atomic E-state index is 0.833. The van der Waals surface area contributed by atoms with E-state index >= 15 is 0 Å². The Morgan fingerprint density at radius 1 is 0.833 bits per heavy atom. The Kier molecular flexibility index (Phi) is 10.0. The summed E-state index contributed by atoms with van der Waals surface area (Å²) in [6, 6.07) is 0. The van der Waals surface area contributed by atoms with E-state index in [0.717, 1.165) is 5.92 Å². The highest BCUT2D eigenvalue weighted by Gasteiger charge is 1.84. The first-order valence-corrected chi connectivity index (χ1v) is 4.71. The van der Waals surface area contributed by atoms with Crippen LogP contribution in [0.4, 0.5) is 0 Å². The highest BCUT2D eigenvalue weighted by Crippen LogP contribution is 2.05. The molecular weight excluding hydrogens is 144 g/mol. The Bertz CT molecular complexity index is 129. The molecule has 0 aromatic rings. The van der Waals surface area contributed by atoms with Crippen LogP contribution in [0.5, 0.6) is 0 Å². The first kappa shape index (κ1) is 14.0. The van der Waals surface area contributed by atoms with E-state index in [-0.39, 0.29) is 0 Å². The molecule has 0 aliphatic carbocycles. The van der Waals surface area contributed by atoms with Crippen LogP contribution >= 0.6 is 0 Å². The second kappa shape index (κ2) is 8.58. The van der Waals surface area contributed by atoms with Gasteiger partial charge in [-0.3, -0.25) is 0 Å². The maximum atomic E-state index is 2.17. The average Bonchev–Trinajstić information content (AvgIpc) is 2.00. The van der Waals surface area contributed by atoms with Crippen LogP contribution in [0, 0.1) is 5.92 Å². The predicted molar refractivity (Wildman–Crippen MR) is 59.4 cm³/mol. The summed E-state index contributed by atoms with van der Waals surface area (Å²) in [7, 11) is 0. The summed E-state index contributed by atoms with van der Waals surface area (Å²) >= 11 is 0. The number of allylic oxidation sites excluding steroid dienone is 4. The standard InChI is InChI=1S/C8H14.C4H10/c1-5-7(3)8(4)6-2;1-4(2)3/h5-6H,1-4H3;4H,1-3H3/b7-5-,8-6-;. The van der Waals surface area contributed by atoms with Gasteiger partial charge in [-0.2, -0.15) is 0 Å². The molecule has 0 heterocycles. The monoisotopic (exact) mass is 168 g/mol. The van der Waals surface area contributed by atoms with E-state index in [1.165, 1.54) is 11.1 Å². The molecule has 12 heavy (non-hydrogen) atoms. The summed E-state index contributed by atoms with van der Waals surface area (Å²) in [5, 5.41) is 0. The highest BCUT2D eigenvalue weighted by molar-refractivity contribution is 5.25. The molecule has 0 atom stereocenters. The summed E-state index contributed by atoms with van der Waals surface area (Å²) in [5.74, 6) is 0.833. The minimum Gasteiger partial charge on any atom is -0.0845 e. The lowest BCUT2D eigenvalue weighted by molar-refractivity contribution is 0.737. The first-order valence-electron chi connectivity index (χ1n) is 4.71. The van der Waals surface area contributed by atoms with Crippen LogP contribution in [-0.4, -0.2) is 0 Å². The van der Waals surface area contributed by atoms with Crippen LogP contribution in [-0.2, 0) is 0 Å². The van der Waals surface area contributed by atoms with E-state index in [0.29, 0.717) is 0 Å².